The van der Waals surface area contributed by atoms with Crippen LogP contribution in [0.5, 0.6) is 0 Å². The second kappa shape index (κ2) is 7.35. The van der Waals surface area contributed by atoms with Crippen molar-refractivity contribution in [2.24, 2.45) is 0 Å². The Morgan fingerprint density at radius 2 is 2.26 bits per heavy atom. The van der Waals surface area contributed by atoms with E-state index in [9.17, 15) is 5.26 Å². The summed E-state index contributed by atoms with van der Waals surface area (Å²) < 4.78 is 5.91. The molecule has 0 bridgehead atoms. The number of nitriles is 1. The summed E-state index contributed by atoms with van der Waals surface area (Å²) in [5.74, 6) is 0.908. The molecule has 4 rings (SSSR count). The molecule has 0 saturated carbocycles. The minimum Gasteiger partial charge on any atom is -0.373 e. The van der Waals surface area contributed by atoms with Crippen LogP contribution in [0, 0.1) is 11.3 Å². The van der Waals surface area contributed by atoms with Gasteiger partial charge >= 0.3 is 0 Å². The topological polar surface area (TPSA) is 81.1 Å². The number of nitrogens with zero attached hydrogens (tertiary/aromatic N) is 5. The molecule has 0 aliphatic carbocycles. The van der Waals surface area contributed by atoms with E-state index in [0.717, 1.165) is 47.6 Å². The summed E-state index contributed by atoms with van der Waals surface area (Å²) >= 11 is 0. The predicted octanol–water partition coefficient (Wildman–Crippen LogP) is 2.26. The Bertz CT molecular complexity index is 990. The first-order valence-corrected chi connectivity index (χ1v) is 8.99. The monoisotopic (exact) mass is 362 g/mol. The molecule has 3 aromatic rings. The quantitative estimate of drug-likeness (QED) is 0.767. The lowest BCUT2D eigenvalue weighted by Gasteiger charge is -2.35. The van der Waals surface area contributed by atoms with Crippen LogP contribution in [0.3, 0.4) is 0 Å². The maximum Gasteiger partial charge on any atom is 0.143 e. The molecule has 7 heteroatoms. The zero-order valence-electron chi connectivity index (χ0n) is 15.5. The highest BCUT2D eigenvalue weighted by molar-refractivity contribution is 6.01. The van der Waals surface area contributed by atoms with Gasteiger partial charge in [-0.3, -0.25) is 0 Å². The first-order valence-electron chi connectivity index (χ1n) is 8.99. The number of aromatic nitrogens is 3. The van der Waals surface area contributed by atoms with Gasteiger partial charge in [0.2, 0.25) is 0 Å². The van der Waals surface area contributed by atoms with Crippen LogP contribution in [0.25, 0.3) is 22.2 Å². The molecule has 1 fully saturated rings. The van der Waals surface area contributed by atoms with Crippen molar-refractivity contribution in [3.8, 4) is 17.2 Å². The van der Waals surface area contributed by atoms with Crippen molar-refractivity contribution in [2.45, 2.75) is 6.10 Å². The van der Waals surface area contributed by atoms with Crippen LogP contribution in [-0.2, 0) is 4.74 Å². The molecule has 1 unspecified atom stereocenters. The Labute approximate surface area is 158 Å². The molecule has 7 nitrogen and oxygen atoms in total. The van der Waals surface area contributed by atoms with Crippen molar-refractivity contribution in [2.75, 3.05) is 45.2 Å². The maximum atomic E-state index is 9.22. The highest BCUT2D eigenvalue weighted by Gasteiger charge is 2.25. The molecule has 3 heterocycles. The van der Waals surface area contributed by atoms with Gasteiger partial charge in [-0.05, 0) is 31.8 Å². The third-order valence-electron chi connectivity index (χ3n) is 4.76. The Hall–Kier alpha value is -2.95. The maximum absolute atomic E-state index is 9.22. The first kappa shape index (κ1) is 17.5. The van der Waals surface area contributed by atoms with E-state index in [1.54, 1.807) is 6.33 Å². The molecule has 1 N–H and O–H groups in total. The van der Waals surface area contributed by atoms with Gasteiger partial charge in [0.05, 0.1) is 29.7 Å². The fraction of sp³-hybridized carbons (Fsp3) is 0.350. The van der Waals surface area contributed by atoms with Crippen molar-refractivity contribution in [1.82, 2.24) is 19.9 Å². The van der Waals surface area contributed by atoms with Crippen LogP contribution < -0.4 is 4.90 Å². The predicted molar refractivity (Wildman–Crippen MR) is 105 cm³/mol. The average Bonchev–Trinajstić information content (AvgIpc) is 3.12. The Morgan fingerprint density at radius 1 is 1.37 bits per heavy atom. The lowest BCUT2D eigenvalue weighted by molar-refractivity contribution is 0.0246. The lowest BCUT2D eigenvalue weighted by Crippen LogP contribution is -2.46. The van der Waals surface area contributed by atoms with Crippen molar-refractivity contribution in [1.29, 1.82) is 5.26 Å². The number of H-pyrrole nitrogens is 1. The van der Waals surface area contributed by atoms with E-state index in [-0.39, 0.29) is 6.10 Å². The van der Waals surface area contributed by atoms with Crippen molar-refractivity contribution < 1.29 is 4.74 Å². The van der Waals surface area contributed by atoms with Gasteiger partial charge in [0.25, 0.3) is 0 Å². The van der Waals surface area contributed by atoms with Crippen LogP contribution in [-0.4, -0.2) is 66.3 Å². The van der Waals surface area contributed by atoms with Gasteiger partial charge in [-0.25, -0.2) is 9.97 Å². The van der Waals surface area contributed by atoms with E-state index >= 15 is 0 Å². The summed E-state index contributed by atoms with van der Waals surface area (Å²) in [7, 11) is 4.11. The number of nitrogens with one attached hydrogen (secondary N) is 1. The molecule has 138 valence electrons. The van der Waals surface area contributed by atoms with Gasteiger partial charge < -0.3 is 19.5 Å². The lowest BCUT2D eigenvalue weighted by atomic mass is 10.0. The number of hydrogen-bond donors (Lipinski definition) is 1. The zero-order valence-corrected chi connectivity index (χ0v) is 15.5. The molecular formula is C20H22N6O. The normalized spacial score (nSPS) is 17.4. The van der Waals surface area contributed by atoms with Crippen molar-refractivity contribution in [3.05, 3.63) is 42.4 Å². The van der Waals surface area contributed by atoms with E-state index in [1.807, 2.05) is 30.5 Å². The third-order valence-corrected chi connectivity index (χ3v) is 4.76. The van der Waals surface area contributed by atoms with Crippen LogP contribution in [0.2, 0.25) is 0 Å². The van der Waals surface area contributed by atoms with Crippen LogP contribution in [0.1, 0.15) is 5.56 Å². The van der Waals surface area contributed by atoms with Crippen molar-refractivity contribution in [3.63, 3.8) is 0 Å². The van der Waals surface area contributed by atoms with E-state index in [4.69, 9.17) is 4.74 Å². The van der Waals surface area contributed by atoms with E-state index in [1.165, 1.54) is 0 Å². The molecule has 1 atom stereocenters. The molecule has 1 aliphatic rings. The number of aromatic amines is 1. The SMILES string of the molecule is CN(C)CC1CN(c2ncnc3[nH]cc(-c4cccc(C#N)c4)c23)CCO1. The van der Waals surface area contributed by atoms with Gasteiger partial charge in [-0.2, -0.15) is 5.26 Å². The fourth-order valence-electron chi connectivity index (χ4n) is 3.60. The van der Waals surface area contributed by atoms with Crippen LogP contribution >= 0.6 is 0 Å². The Balaban J connectivity index is 1.75. The summed E-state index contributed by atoms with van der Waals surface area (Å²) in [6, 6.07) is 9.82. The summed E-state index contributed by atoms with van der Waals surface area (Å²) in [4.78, 5) is 16.7. The molecular weight excluding hydrogens is 340 g/mol. The van der Waals surface area contributed by atoms with E-state index in [0.29, 0.717) is 12.2 Å². The molecule has 27 heavy (non-hydrogen) atoms. The highest BCUT2D eigenvalue weighted by Crippen LogP contribution is 2.34. The minimum atomic E-state index is 0.142. The summed E-state index contributed by atoms with van der Waals surface area (Å²) in [5, 5.41) is 10.2. The number of anilines is 1. The Morgan fingerprint density at radius 3 is 3.07 bits per heavy atom. The van der Waals surface area contributed by atoms with Gasteiger partial charge in [-0.15, -0.1) is 0 Å². The van der Waals surface area contributed by atoms with Crippen LogP contribution in [0.15, 0.2) is 36.8 Å². The van der Waals surface area contributed by atoms with Crippen molar-refractivity contribution >= 4 is 16.9 Å². The summed E-state index contributed by atoms with van der Waals surface area (Å²) in [5.41, 5.74) is 3.42. The molecule has 0 radical (unpaired) electrons. The molecule has 1 aliphatic heterocycles. The minimum absolute atomic E-state index is 0.142. The second-order valence-electron chi connectivity index (χ2n) is 7.02. The summed E-state index contributed by atoms with van der Waals surface area (Å²) in [6.07, 6.45) is 3.68. The highest BCUT2D eigenvalue weighted by atomic mass is 16.5. The second-order valence-corrected chi connectivity index (χ2v) is 7.02. The third kappa shape index (κ3) is 3.50. The fourth-order valence-corrected chi connectivity index (χ4v) is 3.60. The molecule has 1 aromatic carbocycles. The number of likely N-dealkylation sites (N-methyl/N-ethyl adjacent to an activating group) is 1. The summed E-state index contributed by atoms with van der Waals surface area (Å²) in [6.45, 7) is 3.12. The Kier molecular flexibility index (Phi) is 4.75. The molecule has 1 saturated heterocycles. The van der Waals surface area contributed by atoms with Gasteiger partial charge in [0, 0.05) is 31.4 Å². The van der Waals surface area contributed by atoms with E-state index < -0.39 is 0 Å². The number of hydrogen-bond acceptors (Lipinski definition) is 6. The molecule has 2 aromatic heterocycles. The number of morpholine rings is 1. The standard InChI is InChI=1S/C20H22N6O/c1-25(2)11-16-12-26(6-7-27-16)20-18-17(10-22-19(18)23-13-24-20)15-5-3-4-14(8-15)9-21/h3-5,8,10,13,16H,6-7,11-12H2,1-2H3,(H,22,23,24). The number of ether oxygens (including phenoxy) is 1. The largest absolute Gasteiger partial charge is 0.373 e. The molecule has 0 amide bonds. The number of rotatable bonds is 4. The molecule has 0 spiro atoms. The first-order chi connectivity index (χ1) is 13.2. The van der Waals surface area contributed by atoms with Gasteiger partial charge in [-0.1, -0.05) is 12.1 Å². The van der Waals surface area contributed by atoms with Gasteiger partial charge in [0.15, 0.2) is 0 Å². The van der Waals surface area contributed by atoms with E-state index in [2.05, 4.69) is 44.9 Å². The van der Waals surface area contributed by atoms with Crippen LogP contribution in [0.4, 0.5) is 5.82 Å². The van der Waals surface area contributed by atoms with Gasteiger partial charge in [0.1, 0.15) is 17.8 Å². The number of benzene rings is 1. The zero-order chi connectivity index (χ0) is 18.8. The number of fused-ring (bicyclic) bond motifs is 1. The average molecular weight is 362 g/mol. The smallest absolute Gasteiger partial charge is 0.143 e.